The number of fused-ring (bicyclic) bond motifs is 2. The van der Waals surface area contributed by atoms with Crippen LogP contribution in [0.4, 0.5) is 5.69 Å². The van der Waals surface area contributed by atoms with Crippen LogP contribution in [0.3, 0.4) is 0 Å². The van der Waals surface area contributed by atoms with Crippen LogP contribution in [0.15, 0.2) is 65.6 Å². The van der Waals surface area contributed by atoms with Crippen LogP contribution in [0.2, 0.25) is 0 Å². The Hall–Kier alpha value is -3.54. The van der Waals surface area contributed by atoms with Crippen molar-refractivity contribution in [2.45, 2.75) is 6.42 Å². The van der Waals surface area contributed by atoms with Crippen molar-refractivity contribution in [3.8, 4) is 11.6 Å². The number of rotatable bonds is 7. The topological polar surface area (TPSA) is 65.4 Å². The highest BCUT2D eigenvalue weighted by atomic mass is 16.5. The molecule has 0 aliphatic heterocycles. The van der Waals surface area contributed by atoms with E-state index >= 15 is 0 Å². The fourth-order valence-electron chi connectivity index (χ4n) is 3.41. The summed E-state index contributed by atoms with van der Waals surface area (Å²) in [5.74, 6) is 1.43. The monoisotopic (exact) mass is 389 g/mol. The first-order chi connectivity index (χ1) is 14.2. The van der Waals surface area contributed by atoms with E-state index in [1.165, 1.54) is 0 Å². The highest BCUT2D eigenvalue weighted by Crippen LogP contribution is 2.29. The Kier molecular flexibility index (Phi) is 5.33. The summed E-state index contributed by atoms with van der Waals surface area (Å²) in [6.45, 7) is 1.35. The van der Waals surface area contributed by atoms with Gasteiger partial charge in [0.1, 0.15) is 5.75 Å². The van der Waals surface area contributed by atoms with Gasteiger partial charge < -0.3 is 19.4 Å². The third-order valence-corrected chi connectivity index (χ3v) is 4.95. The number of aryl methyl sites for hydroxylation is 1. The number of methoxy groups -OCH3 is 1. The number of anilines is 1. The SMILES string of the molecule is COc1ncc(NCCCOc2ccc3c(ccc(=O)n3C)c2)c2ccccc12. The van der Waals surface area contributed by atoms with E-state index in [2.05, 4.69) is 16.4 Å². The second-order valence-corrected chi connectivity index (χ2v) is 6.81. The first-order valence-electron chi connectivity index (χ1n) is 9.55. The summed E-state index contributed by atoms with van der Waals surface area (Å²) in [4.78, 5) is 16.1. The Morgan fingerprint density at radius 2 is 1.90 bits per heavy atom. The van der Waals surface area contributed by atoms with E-state index in [0.29, 0.717) is 12.5 Å². The molecule has 4 rings (SSSR count). The molecule has 2 aromatic heterocycles. The molecule has 0 spiro atoms. The van der Waals surface area contributed by atoms with Crippen molar-refractivity contribution >= 4 is 27.4 Å². The lowest BCUT2D eigenvalue weighted by Gasteiger charge is -2.12. The van der Waals surface area contributed by atoms with Crippen molar-refractivity contribution in [1.29, 1.82) is 0 Å². The van der Waals surface area contributed by atoms with E-state index in [1.54, 1.807) is 31.0 Å². The van der Waals surface area contributed by atoms with Crippen LogP contribution >= 0.6 is 0 Å². The summed E-state index contributed by atoms with van der Waals surface area (Å²) in [5.41, 5.74) is 1.86. The van der Waals surface area contributed by atoms with Gasteiger partial charge in [0.2, 0.25) is 5.88 Å². The van der Waals surface area contributed by atoms with Crippen LogP contribution < -0.4 is 20.3 Å². The average Bonchev–Trinajstić information content (AvgIpc) is 2.76. The summed E-state index contributed by atoms with van der Waals surface area (Å²) in [7, 11) is 3.40. The molecule has 0 fully saturated rings. The van der Waals surface area contributed by atoms with Gasteiger partial charge in [0.15, 0.2) is 0 Å². The van der Waals surface area contributed by atoms with Gasteiger partial charge >= 0.3 is 0 Å². The van der Waals surface area contributed by atoms with E-state index in [0.717, 1.165) is 46.1 Å². The number of nitrogens with zero attached hydrogens (tertiary/aromatic N) is 2. The van der Waals surface area contributed by atoms with Gasteiger partial charge in [0.05, 0.1) is 31.1 Å². The van der Waals surface area contributed by atoms with Gasteiger partial charge in [-0.2, -0.15) is 0 Å². The minimum atomic E-state index is -0.0159. The number of ether oxygens (including phenoxy) is 2. The Labute approximate surface area is 168 Å². The predicted molar refractivity (Wildman–Crippen MR) is 116 cm³/mol. The fraction of sp³-hybridized carbons (Fsp3) is 0.217. The summed E-state index contributed by atoms with van der Waals surface area (Å²) < 4.78 is 12.9. The van der Waals surface area contributed by atoms with Crippen LogP contribution in [0.25, 0.3) is 21.7 Å². The number of hydrogen-bond donors (Lipinski definition) is 1. The lowest BCUT2D eigenvalue weighted by atomic mass is 10.1. The molecule has 29 heavy (non-hydrogen) atoms. The van der Waals surface area contributed by atoms with E-state index in [1.807, 2.05) is 42.5 Å². The van der Waals surface area contributed by atoms with E-state index in [9.17, 15) is 4.79 Å². The Balaban J connectivity index is 1.36. The molecule has 0 unspecified atom stereocenters. The van der Waals surface area contributed by atoms with Crippen LogP contribution in [-0.2, 0) is 7.05 Å². The first kappa shape index (κ1) is 18.8. The van der Waals surface area contributed by atoms with Gasteiger partial charge in [-0.05, 0) is 36.8 Å². The highest BCUT2D eigenvalue weighted by Gasteiger charge is 2.07. The van der Waals surface area contributed by atoms with Crippen molar-refractivity contribution in [3.63, 3.8) is 0 Å². The molecule has 148 valence electrons. The highest BCUT2D eigenvalue weighted by molar-refractivity contribution is 5.96. The van der Waals surface area contributed by atoms with Crippen LogP contribution in [0.1, 0.15) is 6.42 Å². The summed E-state index contributed by atoms with van der Waals surface area (Å²) in [5, 5.41) is 6.49. The molecule has 6 heteroatoms. The molecular formula is C23H23N3O3. The molecule has 4 aromatic rings. The average molecular weight is 389 g/mol. The lowest BCUT2D eigenvalue weighted by molar-refractivity contribution is 0.315. The molecular weight excluding hydrogens is 366 g/mol. The van der Waals surface area contributed by atoms with Gasteiger partial charge in [-0.15, -0.1) is 0 Å². The van der Waals surface area contributed by atoms with Crippen molar-refractivity contribution in [1.82, 2.24) is 9.55 Å². The van der Waals surface area contributed by atoms with Crippen LogP contribution in [0, 0.1) is 0 Å². The number of nitrogens with one attached hydrogen (secondary N) is 1. The standard InChI is InChI=1S/C23H23N3O3/c1-26-21-10-9-17(14-16(21)8-11-22(26)27)29-13-5-12-24-20-15-25-23(28-2)19-7-4-3-6-18(19)20/h3-4,6-11,14-15,24H,5,12-13H2,1-2H3. The zero-order chi connectivity index (χ0) is 20.2. The lowest BCUT2D eigenvalue weighted by Crippen LogP contribution is -2.14. The molecule has 0 amide bonds. The van der Waals surface area contributed by atoms with Gasteiger partial charge in [-0.25, -0.2) is 4.98 Å². The maximum Gasteiger partial charge on any atom is 0.250 e. The third kappa shape index (κ3) is 3.87. The number of hydrogen-bond acceptors (Lipinski definition) is 5. The predicted octanol–water partition coefficient (Wildman–Crippen LogP) is 3.98. The van der Waals surface area contributed by atoms with Crippen molar-refractivity contribution in [2.75, 3.05) is 25.6 Å². The Bertz CT molecular complexity index is 1220. The molecule has 2 heterocycles. The third-order valence-electron chi connectivity index (χ3n) is 4.95. The molecule has 0 saturated carbocycles. The van der Waals surface area contributed by atoms with Gasteiger partial charge in [-0.1, -0.05) is 18.2 Å². The smallest absolute Gasteiger partial charge is 0.250 e. The molecule has 0 atom stereocenters. The molecule has 0 aliphatic rings. The van der Waals surface area contributed by atoms with Crippen molar-refractivity contribution in [2.24, 2.45) is 7.05 Å². The van der Waals surface area contributed by atoms with Gasteiger partial charge in [0.25, 0.3) is 5.56 Å². The quantitative estimate of drug-likeness (QED) is 0.485. The number of pyridine rings is 2. The van der Waals surface area contributed by atoms with Gasteiger partial charge in [0, 0.05) is 35.8 Å². The minimum Gasteiger partial charge on any atom is -0.494 e. The molecule has 0 aliphatic carbocycles. The maximum atomic E-state index is 11.7. The van der Waals surface area contributed by atoms with E-state index < -0.39 is 0 Å². The summed E-state index contributed by atoms with van der Waals surface area (Å²) in [6.07, 6.45) is 2.64. The summed E-state index contributed by atoms with van der Waals surface area (Å²) >= 11 is 0. The van der Waals surface area contributed by atoms with Crippen molar-refractivity contribution < 1.29 is 9.47 Å². The summed E-state index contributed by atoms with van der Waals surface area (Å²) in [6, 6.07) is 17.2. The number of benzene rings is 2. The van der Waals surface area contributed by atoms with E-state index in [4.69, 9.17) is 9.47 Å². The Morgan fingerprint density at radius 1 is 1.07 bits per heavy atom. The molecule has 1 N–H and O–H groups in total. The van der Waals surface area contributed by atoms with Crippen molar-refractivity contribution in [3.05, 3.63) is 71.1 Å². The second-order valence-electron chi connectivity index (χ2n) is 6.81. The largest absolute Gasteiger partial charge is 0.494 e. The minimum absolute atomic E-state index is 0.0159. The molecule has 2 aromatic carbocycles. The first-order valence-corrected chi connectivity index (χ1v) is 9.55. The second kappa shape index (κ2) is 8.22. The van der Waals surface area contributed by atoms with Gasteiger partial charge in [-0.3, -0.25) is 4.79 Å². The van der Waals surface area contributed by atoms with E-state index in [-0.39, 0.29) is 5.56 Å². The normalized spacial score (nSPS) is 11.0. The molecule has 0 radical (unpaired) electrons. The maximum absolute atomic E-state index is 11.7. The number of aromatic nitrogens is 2. The molecule has 6 nitrogen and oxygen atoms in total. The fourth-order valence-corrected chi connectivity index (χ4v) is 3.41. The Morgan fingerprint density at radius 3 is 2.72 bits per heavy atom. The molecule has 0 bridgehead atoms. The zero-order valence-corrected chi connectivity index (χ0v) is 16.5. The van der Waals surface area contributed by atoms with Crippen LogP contribution in [-0.4, -0.2) is 29.8 Å². The zero-order valence-electron chi connectivity index (χ0n) is 16.5. The van der Waals surface area contributed by atoms with Crippen LogP contribution in [0.5, 0.6) is 11.6 Å². The molecule has 0 saturated heterocycles.